The Morgan fingerprint density at radius 1 is 0.514 bits per heavy atom. The highest BCUT2D eigenvalue weighted by Gasteiger charge is 2.31. The van der Waals surface area contributed by atoms with Crippen molar-refractivity contribution in [2.45, 2.75) is 150 Å². The lowest BCUT2D eigenvalue weighted by molar-refractivity contribution is 0.421. The van der Waals surface area contributed by atoms with Crippen molar-refractivity contribution in [3.8, 4) is 11.5 Å². The highest BCUT2D eigenvalue weighted by atomic mass is 16.3. The molecule has 2 N–H and O–H groups in total. The minimum atomic E-state index is -0.172. The number of hydrogen-bond donors (Lipinski definition) is 2. The molecule has 0 saturated heterocycles. The van der Waals surface area contributed by atoms with Crippen LogP contribution >= 0.6 is 0 Å². The Morgan fingerprint density at radius 3 is 1.05 bits per heavy atom. The van der Waals surface area contributed by atoms with Gasteiger partial charge in [-0.25, -0.2) is 0 Å². The summed E-state index contributed by atoms with van der Waals surface area (Å²) in [4.78, 5) is 0. The first kappa shape index (κ1) is 31.3. The van der Waals surface area contributed by atoms with Crippen molar-refractivity contribution in [1.29, 1.82) is 0 Å². The van der Waals surface area contributed by atoms with E-state index < -0.39 is 0 Å². The average molecular weight is 509 g/mol. The molecule has 0 aliphatic carbocycles. The Hall–Kier alpha value is -1.96. The predicted molar refractivity (Wildman–Crippen MR) is 162 cm³/mol. The van der Waals surface area contributed by atoms with Crippen LogP contribution < -0.4 is 0 Å². The number of phenols is 2. The Morgan fingerprint density at radius 2 is 0.811 bits per heavy atom. The van der Waals surface area contributed by atoms with Gasteiger partial charge in [-0.2, -0.15) is 0 Å². The molecule has 2 nitrogen and oxygen atoms in total. The van der Waals surface area contributed by atoms with E-state index in [9.17, 15) is 10.2 Å². The van der Waals surface area contributed by atoms with Gasteiger partial charge in [-0.3, -0.25) is 0 Å². The molecular weight excluding hydrogens is 452 g/mol. The fraction of sp³-hybridized carbons (Fsp3) is 0.657. The summed E-state index contributed by atoms with van der Waals surface area (Å²) in [5.74, 6) is 1.07. The molecule has 2 aromatic carbocycles. The summed E-state index contributed by atoms with van der Waals surface area (Å²) in [6, 6.07) is 9.04. The summed E-state index contributed by atoms with van der Waals surface area (Å²) < 4.78 is 0. The van der Waals surface area contributed by atoms with Gasteiger partial charge in [0.25, 0.3) is 0 Å². The third-order valence-corrected chi connectivity index (χ3v) is 7.65. The number of aromatic hydroxyl groups is 2. The van der Waals surface area contributed by atoms with Gasteiger partial charge >= 0.3 is 0 Å². The van der Waals surface area contributed by atoms with Gasteiger partial charge in [0.2, 0.25) is 0 Å². The van der Waals surface area contributed by atoms with E-state index in [1.807, 2.05) is 0 Å². The molecule has 0 spiro atoms. The van der Waals surface area contributed by atoms with Crippen LogP contribution in [-0.4, -0.2) is 10.2 Å². The van der Waals surface area contributed by atoms with Crippen LogP contribution in [-0.2, 0) is 21.7 Å². The van der Waals surface area contributed by atoms with Gasteiger partial charge in [0.15, 0.2) is 0 Å². The van der Waals surface area contributed by atoms with Crippen molar-refractivity contribution in [3.05, 3.63) is 57.6 Å². The summed E-state index contributed by atoms with van der Waals surface area (Å²) in [6.07, 6.45) is 5.90. The standard InChI is InChI=1S/C35H56O2/c1-14-15-16-17-18-25(23-19-26(32(2,3)4)30(36)27(20-23)33(5,6)7)24-21-28(34(8,9)10)31(37)29(22-24)35(11,12)13/h19-22,25,36-37H,14-18H2,1-13H3. The van der Waals surface area contributed by atoms with Gasteiger partial charge in [0, 0.05) is 5.92 Å². The highest BCUT2D eigenvalue weighted by molar-refractivity contribution is 5.55. The summed E-state index contributed by atoms with van der Waals surface area (Å²) in [7, 11) is 0. The monoisotopic (exact) mass is 508 g/mol. The molecule has 0 aliphatic rings. The molecule has 0 amide bonds. The predicted octanol–water partition coefficient (Wildman–Crippen LogP) is 10.4. The molecule has 0 atom stereocenters. The Kier molecular flexibility index (Phi) is 9.32. The fourth-order valence-electron chi connectivity index (χ4n) is 5.30. The molecule has 2 heteroatoms. The number of hydrogen-bond acceptors (Lipinski definition) is 2. The molecule has 0 aromatic heterocycles. The first-order valence-electron chi connectivity index (χ1n) is 14.4. The van der Waals surface area contributed by atoms with Gasteiger partial charge in [0.05, 0.1) is 0 Å². The number of benzene rings is 2. The van der Waals surface area contributed by atoms with Crippen LogP contribution in [0.15, 0.2) is 24.3 Å². The van der Waals surface area contributed by atoms with Gasteiger partial charge in [-0.05, 0) is 61.5 Å². The second-order valence-corrected chi connectivity index (χ2v) is 15.3. The second kappa shape index (κ2) is 11.0. The van der Waals surface area contributed by atoms with Crippen LogP contribution in [0.2, 0.25) is 0 Å². The molecule has 2 aromatic rings. The van der Waals surface area contributed by atoms with Crippen molar-refractivity contribution >= 4 is 0 Å². The first-order chi connectivity index (χ1) is 16.7. The minimum absolute atomic E-state index is 0.172. The van der Waals surface area contributed by atoms with Crippen LogP contribution in [0.5, 0.6) is 11.5 Å². The van der Waals surface area contributed by atoms with Crippen molar-refractivity contribution in [1.82, 2.24) is 0 Å². The largest absolute Gasteiger partial charge is 0.507 e. The van der Waals surface area contributed by atoms with Crippen molar-refractivity contribution in [2.24, 2.45) is 0 Å². The number of rotatable bonds is 7. The van der Waals surface area contributed by atoms with E-state index in [0.29, 0.717) is 11.5 Å². The molecular formula is C35H56O2. The van der Waals surface area contributed by atoms with Crippen molar-refractivity contribution in [2.75, 3.05) is 0 Å². The quantitative estimate of drug-likeness (QED) is 0.365. The van der Waals surface area contributed by atoms with E-state index in [1.54, 1.807) is 0 Å². The van der Waals surface area contributed by atoms with E-state index in [0.717, 1.165) is 35.1 Å². The topological polar surface area (TPSA) is 40.5 Å². The van der Waals surface area contributed by atoms with Crippen LogP contribution in [0.1, 0.15) is 161 Å². The SMILES string of the molecule is CCCCCCC(c1cc(C(C)(C)C)c(O)c(C(C)(C)C)c1)c1cc(C(C)(C)C)c(O)c(C(C)(C)C)c1. The maximum Gasteiger partial charge on any atom is 0.123 e. The van der Waals surface area contributed by atoms with Gasteiger partial charge in [-0.15, -0.1) is 0 Å². The molecule has 0 unspecified atom stereocenters. The number of unbranched alkanes of at least 4 members (excludes halogenated alkanes) is 3. The lowest BCUT2D eigenvalue weighted by Crippen LogP contribution is -2.20. The van der Waals surface area contributed by atoms with Gasteiger partial charge in [-0.1, -0.05) is 140 Å². The van der Waals surface area contributed by atoms with Crippen LogP contribution in [0.3, 0.4) is 0 Å². The third-order valence-electron chi connectivity index (χ3n) is 7.65. The van der Waals surface area contributed by atoms with Crippen LogP contribution in [0, 0.1) is 0 Å². The summed E-state index contributed by atoms with van der Waals surface area (Å²) in [6.45, 7) is 28.5. The van der Waals surface area contributed by atoms with E-state index >= 15 is 0 Å². The zero-order valence-corrected chi connectivity index (χ0v) is 26.3. The van der Waals surface area contributed by atoms with Gasteiger partial charge in [0.1, 0.15) is 11.5 Å². The fourth-order valence-corrected chi connectivity index (χ4v) is 5.30. The third kappa shape index (κ3) is 7.55. The van der Waals surface area contributed by atoms with Crippen molar-refractivity contribution < 1.29 is 10.2 Å². The van der Waals surface area contributed by atoms with Crippen LogP contribution in [0.25, 0.3) is 0 Å². The molecule has 0 heterocycles. The summed E-state index contributed by atoms with van der Waals surface area (Å²) >= 11 is 0. The maximum absolute atomic E-state index is 11.4. The Balaban J connectivity index is 2.91. The maximum atomic E-state index is 11.4. The lowest BCUT2D eigenvalue weighted by Gasteiger charge is -2.32. The van der Waals surface area contributed by atoms with Crippen molar-refractivity contribution in [3.63, 3.8) is 0 Å². The van der Waals surface area contributed by atoms with Gasteiger partial charge < -0.3 is 10.2 Å². The molecule has 0 saturated carbocycles. The average Bonchev–Trinajstić information content (AvgIpc) is 2.71. The molecule has 2 rings (SSSR count). The van der Waals surface area contributed by atoms with E-state index in [1.165, 1.54) is 30.4 Å². The summed E-state index contributed by atoms with van der Waals surface area (Å²) in [5.41, 5.74) is 5.91. The Labute approximate surface area is 228 Å². The lowest BCUT2D eigenvalue weighted by atomic mass is 9.73. The smallest absolute Gasteiger partial charge is 0.123 e. The van der Waals surface area contributed by atoms with E-state index in [2.05, 4.69) is 114 Å². The zero-order valence-electron chi connectivity index (χ0n) is 26.3. The van der Waals surface area contributed by atoms with E-state index in [-0.39, 0.29) is 27.6 Å². The molecule has 0 aliphatic heterocycles. The molecule has 0 fully saturated rings. The minimum Gasteiger partial charge on any atom is -0.507 e. The van der Waals surface area contributed by atoms with Crippen LogP contribution in [0.4, 0.5) is 0 Å². The summed E-state index contributed by atoms with van der Waals surface area (Å²) in [5, 5.41) is 22.8. The number of phenolic OH excluding ortho intramolecular Hbond substituents is 2. The molecule has 208 valence electrons. The van der Waals surface area contributed by atoms with E-state index in [4.69, 9.17) is 0 Å². The molecule has 0 radical (unpaired) electrons. The second-order valence-electron chi connectivity index (χ2n) is 15.3. The molecule has 0 bridgehead atoms. The molecule has 37 heavy (non-hydrogen) atoms. The Bertz CT molecular complexity index is 911. The zero-order chi connectivity index (χ0) is 28.6. The highest BCUT2D eigenvalue weighted by Crippen LogP contribution is 2.46. The normalized spacial score (nSPS) is 13.5. The first-order valence-corrected chi connectivity index (χ1v) is 14.4.